The summed E-state index contributed by atoms with van der Waals surface area (Å²) in [6.07, 6.45) is 9.20. The van der Waals surface area contributed by atoms with Gasteiger partial charge in [-0.3, -0.25) is 29.2 Å². The normalized spacial score (nSPS) is 19.8. The molecule has 23 nitrogen and oxygen atoms in total. The molecule has 2 aliphatic heterocycles. The molecule has 0 spiro atoms. The number of benzene rings is 2. The van der Waals surface area contributed by atoms with Gasteiger partial charge >= 0.3 is 6.09 Å². The van der Waals surface area contributed by atoms with Crippen molar-refractivity contribution < 1.29 is 41.9 Å². The number of rotatable bonds is 17. The summed E-state index contributed by atoms with van der Waals surface area (Å²) >= 11 is 0. The Morgan fingerprint density at radius 1 is 0.887 bits per heavy atom. The van der Waals surface area contributed by atoms with E-state index in [9.17, 15) is 32.4 Å². The van der Waals surface area contributed by atoms with Crippen LogP contribution in [-0.4, -0.2) is 160 Å². The largest absolute Gasteiger partial charge is 0.491 e. The summed E-state index contributed by atoms with van der Waals surface area (Å²) < 4.78 is 38.5. The van der Waals surface area contributed by atoms with Crippen molar-refractivity contribution in [1.29, 1.82) is 0 Å². The highest BCUT2D eigenvalue weighted by atomic mass is 32.2. The molecule has 24 heteroatoms. The van der Waals surface area contributed by atoms with Crippen LogP contribution >= 0.6 is 0 Å². The highest BCUT2D eigenvalue weighted by molar-refractivity contribution is 7.92. The van der Waals surface area contributed by atoms with Crippen molar-refractivity contribution in [2.24, 2.45) is 5.92 Å². The Kier molecular flexibility index (Phi) is 17.5. The van der Waals surface area contributed by atoms with E-state index in [0.717, 1.165) is 55.3 Å². The summed E-state index contributed by atoms with van der Waals surface area (Å²) in [5, 5.41) is 22.5. The number of hydrogen-bond donors (Lipinski definition) is 6. The SMILES string of the molecule is CNC(=O)O[C@@H](C)C(=O)N[C@H](C(=O)N1C[C@@H](NC(=O)c2cnc(N3CCN(CCOc4cc5ncnc(Nc6n[nH]c(C)c6C)c5cc4S(=O)(=O)C(C)(C)C)CC3)cn2)C[C@H]1C(=O)N[C@@H]1CCCc2ccccc21)C1CCCCC1. The van der Waals surface area contributed by atoms with Gasteiger partial charge in [-0.25, -0.2) is 33.1 Å². The van der Waals surface area contributed by atoms with Crippen LogP contribution in [-0.2, 0) is 35.4 Å². The predicted molar refractivity (Wildman–Crippen MR) is 299 cm³/mol. The molecule has 2 aliphatic carbocycles. The molecular weight excluding hydrogens is 1040 g/mol. The van der Waals surface area contributed by atoms with E-state index in [1.54, 1.807) is 39.1 Å². The average molecular weight is 1120 g/mol. The molecule has 5 amide bonds. The number of nitrogens with one attached hydrogen (secondary N) is 6. The topological polar surface area (TPSA) is 288 Å². The molecule has 0 unspecified atom stereocenters. The van der Waals surface area contributed by atoms with Crippen LogP contribution in [0.5, 0.6) is 5.75 Å². The third-order valence-corrected chi connectivity index (χ3v) is 18.5. The van der Waals surface area contributed by atoms with Gasteiger partial charge in [-0.1, -0.05) is 43.5 Å². The van der Waals surface area contributed by atoms with Crippen molar-refractivity contribution in [3.63, 3.8) is 0 Å². The van der Waals surface area contributed by atoms with E-state index in [4.69, 9.17) is 9.47 Å². The summed E-state index contributed by atoms with van der Waals surface area (Å²) in [6.45, 7) is 13.5. The molecule has 5 heterocycles. The van der Waals surface area contributed by atoms with E-state index in [1.165, 1.54) is 37.0 Å². The fourth-order valence-corrected chi connectivity index (χ4v) is 12.4. The Bertz CT molecular complexity index is 3190. The standard InChI is InChI=1S/C56H74N14O9S/c1-33-34(2)66-67-49(33)65-50-40-27-46(80(76,77)56(4,5)6)45(28-42(40)60-32-61-50)78-25-24-68-20-22-69(23-21-68)47-30-58-43(29-59-47)52(72)62-38-26-44(53(73)63-41-19-13-17-36-14-11-12-18-39(36)41)70(31-38)54(74)48(37-15-9-8-10-16-37)64-51(71)35(3)79-55(75)57-7/h11-12,14,18,27-30,32,35,37-38,41,44,48H,8-10,13,15-17,19-26,31H2,1-7H3,(H,57,75)(H,62,72)(H,63,73)(H,64,71)(H2,60,61,65,66,67)/t35-,38-,41+,44-,48-/m0/s1. The van der Waals surface area contributed by atoms with Crippen molar-refractivity contribution in [3.05, 3.63) is 83.2 Å². The lowest BCUT2D eigenvalue weighted by Crippen LogP contribution is -2.58. The van der Waals surface area contributed by atoms with E-state index in [-0.39, 0.29) is 53.8 Å². The number of alkyl carbamates (subject to hydrolysis) is 1. The first kappa shape index (κ1) is 57.2. The number of H-pyrrole nitrogens is 1. The van der Waals surface area contributed by atoms with Crippen LogP contribution in [0.25, 0.3) is 10.9 Å². The molecule has 5 atom stereocenters. The minimum Gasteiger partial charge on any atom is -0.491 e. The Balaban J connectivity index is 0.835. The second-order valence-corrected chi connectivity index (χ2v) is 25.0. The monoisotopic (exact) mass is 1120 g/mol. The Labute approximate surface area is 466 Å². The molecule has 80 heavy (non-hydrogen) atoms. The van der Waals surface area contributed by atoms with Crippen molar-refractivity contribution in [3.8, 4) is 5.75 Å². The zero-order valence-electron chi connectivity index (χ0n) is 46.6. The van der Waals surface area contributed by atoms with Gasteiger partial charge in [-0.15, -0.1) is 0 Å². The number of likely N-dealkylation sites (tertiary alicyclic amines) is 1. The number of carbonyl (C=O) groups is 5. The molecule has 2 saturated heterocycles. The van der Waals surface area contributed by atoms with E-state index in [2.05, 4.69) is 72.6 Å². The summed E-state index contributed by atoms with van der Waals surface area (Å²) in [7, 11) is -2.49. The molecule has 3 aromatic heterocycles. The van der Waals surface area contributed by atoms with Crippen LogP contribution in [0.3, 0.4) is 0 Å². The zero-order chi connectivity index (χ0) is 56.9. The number of piperazine rings is 1. The predicted octanol–water partition coefficient (Wildman–Crippen LogP) is 4.98. The Morgan fingerprint density at radius 2 is 1.65 bits per heavy atom. The van der Waals surface area contributed by atoms with Gasteiger partial charge in [0.05, 0.1) is 28.7 Å². The summed E-state index contributed by atoms with van der Waals surface area (Å²) in [4.78, 5) is 92.7. The van der Waals surface area contributed by atoms with E-state index in [1.807, 2.05) is 32.0 Å². The number of amides is 5. The van der Waals surface area contributed by atoms with Gasteiger partial charge in [0.1, 0.15) is 53.0 Å². The van der Waals surface area contributed by atoms with Gasteiger partial charge in [0.25, 0.3) is 11.8 Å². The highest BCUT2D eigenvalue weighted by Crippen LogP contribution is 2.38. The van der Waals surface area contributed by atoms with Crippen molar-refractivity contribution in [2.45, 2.75) is 139 Å². The number of ether oxygens (including phenoxy) is 2. The summed E-state index contributed by atoms with van der Waals surface area (Å²) in [5.74, 6) is -0.355. The lowest BCUT2D eigenvalue weighted by Gasteiger charge is -2.35. The van der Waals surface area contributed by atoms with Crippen molar-refractivity contribution in [1.82, 2.24) is 61.2 Å². The number of anilines is 3. The molecule has 4 aliphatic rings. The fourth-order valence-electron chi connectivity index (χ4n) is 11.1. The van der Waals surface area contributed by atoms with Gasteiger partial charge in [-0.05, 0) is 103 Å². The molecule has 9 rings (SSSR count). The quantitative estimate of drug-likeness (QED) is 0.0716. The van der Waals surface area contributed by atoms with E-state index < -0.39 is 62.6 Å². The molecule has 0 radical (unpaired) electrons. The first-order chi connectivity index (χ1) is 38.3. The first-order valence-electron chi connectivity index (χ1n) is 27.7. The second kappa shape index (κ2) is 24.5. The minimum absolute atomic E-state index is 0.00773. The third kappa shape index (κ3) is 12.8. The third-order valence-electron chi connectivity index (χ3n) is 16.0. The fraction of sp³-hybridized carbons (Fsp3) is 0.536. The maximum atomic E-state index is 14.9. The summed E-state index contributed by atoms with van der Waals surface area (Å²) in [6, 6.07) is 8.40. The molecule has 2 aromatic carbocycles. The molecular formula is C56H74N14O9S. The van der Waals surface area contributed by atoms with Crippen LogP contribution in [0, 0.1) is 19.8 Å². The number of nitrogens with zero attached hydrogens (tertiary/aromatic N) is 8. The van der Waals surface area contributed by atoms with Crippen LogP contribution < -0.4 is 36.2 Å². The molecule has 3 fully saturated rings. The van der Waals surface area contributed by atoms with Gasteiger partial charge in [-0.2, -0.15) is 5.10 Å². The zero-order valence-corrected chi connectivity index (χ0v) is 47.5. The van der Waals surface area contributed by atoms with Crippen molar-refractivity contribution in [2.75, 3.05) is 63.1 Å². The van der Waals surface area contributed by atoms with Gasteiger partial charge in [0, 0.05) is 75.1 Å². The maximum absolute atomic E-state index is 14.9. The highest BCUT2D eigenvalue weighted by Gasteiger charge is 2.46. The lowest BCUT2D eigenvalue weighted by atomic mass is 9.83. The van der Waals surface area contributed by atoms with Crippen LogP contribution in [0.2, 0.25) is 0 Å². The number of carbonyl (C=O) groups excluding carboxylic acids is 5. The molecule has 1 saturated carbocycles. The average Bonchev–Trinajstić information content (AvgIpc) is 4.08. The minimum atomic E-state index is -3.88. The number of aromatic amines is 1. The Hall–Kier alpha value is -7.47. The first-order valence-corrected chi connectivity index (χ1v) is 29.2. The molecule has 0 bridgehead atoms. The molecule has 6 N–H and O–H groups in total. The van der Waals surface area contributed by atoms with Crippen molar-refractivity contribution >= 4 is 67.9 Å². The lowest BCUT2D eigenvalue weighted by molar-refractivity contribution is -0.144. The van der Waals surface area contributed by atoms with E-state index >= 15 is 0 Å². The van der Waals surface area contributed by atoms with Gasteiger partial charge < -0.3 is 45.9 Å². The number of aromatic nitrogens is 6. The van der Waals surface area contributed by atoms with Crippen LogP contribution in [0.15, 0.2) is 60.0 Å². The number of sulfone groups is 1. The maximum Gasteiger partial charge on any atom is 0.407 e. The van der Waals surface area contributed by atoms with Gasteiger partial charge in [0.2, 0.25) is 11.8 Å². The second-order valence-electron chi connectivity index (χ2n) is 22.3. The molecule has 428 valence electrons. The van der Waals surface area contributed by atoms with E-state index in [0.29, 0.717) is 73.9 Å². The van der Waals surface area contributed by atoms with Crippen LogP contribution in [0.1, 0.15) is 118 Å². The number of hydrogen-bond acceptors (Lipinski definition) is 17. The molecule has 5 aromatic rings. The summed E-state index contributed by atoms with van der Waals surface area (Å²) in [5.41, 5.74) is 4.58. The number of fused-ring (bicyclic) bond motifs is 2. The smallest absolute Gasteiger partial charge is 0.407 e. The van der Waals surface area contributed by atoms with Crippen LogP contribution in [0.4, 0.5) is 22.2 Å². The van der Waals surface area contributed by atoms with Gasteiger partial charge in [0.15, 0.2) is 21.8 Å². The Morgan fingerprint density at radius 3 is 2.35 bits per heavy atom. The number of aryl methyl sites for hydroxylation is 2.